The molecule has 0 spiro atoms. The molecule has 182 valence electrons. The summed E-state index contributed by atoms with van der Waals surface area (Å²) in [5.41, 5.74) is -0.0278. The highest BCUT2D eigenvalue weighted by molar-refractivity contribution is 5.33. The molecule has 0 saturated heterocycles. The molecule has 0 aromatic rings. The standard InChI is InChI=1S/C28H46O4/c1-18-9-11-22(29)16-21(18)17-25(30)28(32)15-7-14-27(6)23(12-13-24(27)28)19(2)8-10-20(3)26(4,5)31/h8,10,17,19-20,22-25,29-32H,1,7,9,11-16H2,2-6H3/t19-,20+,22+,23-,24-,25?,27-,28?/m1/s1. The van der Waals surface area contributed by atoms with Crippen LogP contribution in [0, 0.1) is 29.1 Å². The fraction of sp³-hybridized carbons (Fsp3) is 0.786. The van der Waals surface area contributed by atoms with Gasteiger partial charge in [-0.25, -0.2) is 0 Å². The highest BCUT2D eigenvalue weighted by Gasteiger charge is 2.59. The van der Waals surface area contributed by atoms with Crippen molar-refractivity contribution in [2.45, 2.75) is 109 Å². The molecule has 0 aliphatic heterocycles. The molecule has 0 radical (unpaired) electrons. The number of fused-ring (bicyclic) bond motifs is 1. The van der Waals surface area contributed by atoms with E-state index in [9.17, 15) is 20.4 Å². The summed E-state index contributed by atoms with van der Waals surface area (Å²) < 4.78 is 0. The van der Waals surface area contributed by atoms with Crippen LogP contribution < -0.4 is 0 Å². The van der Waals surface area contributed by atoms with Gasteiger partial charge in [-0.05, 0) is 100 Å². The quantitative estimate of drug-likeness (QED) is 0.437. The highest BCUT2D eigenvalue weighted by Crippen LogP contribution is 2.61. The molecule has 3 saturated carbocycles. The summed E-state index contributed by atoms with van der Waals surface area (Å²) in [6.07, 6.45) is 11.4. The molecule has 0 heterocycles. The molecule has 2 unspecified atom stereocenters. The first-order valence-corrected chi connectivity index (χ1v) is 12.7. The van der Waals surface area contributed by atoms with Gasteiger partial charge in [-0.2, -0.15) is 0 Å². The van der Waals surface area contributed by atoms with Crippen molar-refractivity contribution in [1.29, 1.82) is 0 Å². The summed E-state index contributed by atoms with van der Waals surface area (Å²) >= 11 is 0. The van der Waals surface area contributed by atoms with E-state index in [1.165, 1.54) is 0 Å². The van der Waals surface area contributed by atoms with E-state index in [1.807, 2.05) is 20.8 Å². The van der Waals surface area contributed by atoms with Crippen LogP contribution in [0.3, 0.4) is 0 Å². The zero-order valence-electron chi connectivity index (χ0n) is 20.8. The van der Waals surface area contributed by atoms with Crippen molar-refractivity contribution in [1.82, 2.24) is 0 Å². The van der Waals surface area contributed by atoms with Crippen LogP contribution in [0.25, 0.3) is 0 Å². The molecule has 0 aromatic heterocycles. The molecule has 4 nitrogen and oxygen atoms in total. The highest BCUT2D eigenvalue weighted by atomic mass is 16.3. The van der Waals surface area contributed by atoms with Crippen LogP contribution in [0.4, 0.5) is 0 Å². The van der Waals surface area contributed by atoms with E-state index in [-0.39, 0.29) is 23.4 Å². The van der Waals surface area contributed by atoms with Crippen LogP contribution in [-0.2, 0) is 0 Å². The van der Waals surface area contributed by atoms with Gasteiger partial charge in [0.05, 0.1) is 17.3 Å². The minimum atomic E-state index is -1.14. The van der Waals surface area contributed by atoms with Crippen molar-refractivity contribution in [2.24, 2.45) is 29.1 Å². The minimum absolute atomic E-state index is 0.0305. The number of aliphatic hydroxyl groups excluding tert-OH is 2. The third-order valence-electron chi connectivity index (χ3n) is 9.32. The van der Waals surface area contributed by atoms with Gasteiger partial charge in [0.1, 0.15) is 6.10 Å². The zero-order chi connectivity index (χ0) is 23.9. The largest absolute Gasteiger partial charge is 0.393 e. The second-order valence-electron chi connectivity index (χ2n) is 11.9. The summed E-state index contributed by atoms with van der Waals surface area (Å²) in [5.74, 6) is 0.910. The molecule has 3 fully saturated rings. The van der Waals surface area contributed by atoms with Gasteiger partial charge < -0.3 is 20.4 Å². The summed E-state index contributed by atoms with van der Waals surface area (Å²) in [6.45, 7) is 14.4. The van der Waals surface area contributed by atoms with Crippen LogP contribution >= 0.6 is 0 Å². The van der Waals surface area contributed by atoms with E-state index in [1.54, 1.807) is 6.08 Å². The lowest BCUT2D eigenvalue weighted by Crippen LogP contribution is -2.56. The number of aliphatic hydroxyl groups is 4. The van der Waals surface area contributed by atoms with Crippen LogP contribution in [-0.4, -0.2) is 43.8 Å². The molecule has 3 aliphatic carbocycles. The Morgan fingerprint density at radius 1 is 1.12 bits per heavy atom. The van der Waals surface area contributed by atoms with Crippen molar-refractivity contribution >= 4 is 0 Å². The SMILES string of the molecule is C=C1CC[C@H](O)CC1=CC(O)C1(O)CCC[C@]2(C)[C@@H]([C@H](C)C=C[C@H](C)C(C)(C)O)CC[C@@H]12. The molecule has 0 bridgehead atoms. The molecule has 3 rings (SSSR count). The molecular formula is C28H46O4. The average molecular weight is 447 g/mol. The first-order chi connectivity index (χ1) is 14.8. The minimum Gasteiger partial charge on any atom is -0.393 e. The van der Waals surface area contributed by atoms with Crippen LogP contribution in [0.5, 0.6) is 0 Å². The normalized spacial score (nSPS) is 40.5. The summed E-state index contributed by atoms with van der Waals surface area (Å²) in [4.78, 5) is 0. The Balaban J connectivity index is 1.80. The molecule has 8 atom stereocenters. The third-order valence-corrected chi connectivity index (χ3v) is 9.32. The maximum absolute atomic E-state index is 11.8. The van der Waals surface area contributed by atoms with Crippen molar-refractivity contribution in [3.63, 3.8) is 0 Å². The van der Waals surface area contributed by atoms with Crippen molar-refractivity contribution in [3.8, 4) is 0 Å². The fourth-order valence-electron chi connectivity index (χ4n) is 6.82. The lowest BCUT2D eigenvalue weighted by atomic mass is 9.56. The number of hydrogen-bond acceptors (Lipinski definition) is 4. The van der Waals surface area contributed by atoms with E-state index in [0.717, 1.165) is 49.7 Å². The Hall–Kier alpha value is -0.940. The van der Waals surface area contributed by atoms with Gasteiger partial charge >= 0.3 is 0 Å². The molecule has 3 aliphatic rings. The summed E-state index contributed by atoms with van der Waals surface area (Å²) in [7, 11) is 0. The van der Waals surface area contributed by atoms with Gasteiger partial charge in [0.2, 0.25) is 0 Å². The molecular weight excluding hydrogens is 400 g/mol. The van der Waals surface area contributed by atoms with Gasteiger partial charge in [-0.1, -0.05) is 45.1 Å². The smallest absolute Gasteiger partial charge is 0.102 e. The summed E-state index contributed by atoms with van der Waals surface area (Å²) in [6, 6.07) is 0. The Kier molecular flexibility index (Phi) is 7.52. The first kappa shape index (κ1) is 25.7. The van der Waals surface area contributed by atoms with Gasteiger partial charge in [0.15, 0.2) is 0 Å². The summed E-state index contributed by atoms with van der Waals surface area (Å²) in [5, 5.41) is 43.4. The lowest BCUT2D eigenvalue weighted by Gasteiger charge is -2.52. The van der Waals surface area contributed by atoms with Crippen LogP contribution in [0.1, 0.15) is 86.0 Å². The second kappa shape index (κ2) is 9.37. The monoisotopic (exact) mass is 446 g/mol. The van der Waals surface area contributed by atoms with Gasteiger partial charge in [-0.3, -0.25) is 0 Å². The third kappa shape index (κ3) is 4.94. The topological polar surface area (TPSA) is 80.9 Å². The maximum atomic E-state index is 11.8. The Morgan fingerprint density at radius 3 is 2.47 bits per heavy atom. The van der Waals surface area contributed by atoms with Crippen molar-refractivity contribution in [2.75, 3.05) is 0 Å². The maximum Gasteiger partial charge on any atom is 0.102 e. The van der Waals surface area contributed by atoms with Crippen molar-refractivity contribution in [3.05, 3.63) is 36.0 Å². The van der Waals surface area contributed by atoms with E-state index < -0.39 is 17.3 Å². The van der Waals surface area contributed by atoms with Gasteiger partial charge in [-0.15, -0.1) is 0 Å². The molecule has 4 heteroatoms. The predicted octanol–water partition coefficient (Wildman–Crippen LogP) is 4.92. The molecule has 0 aromatic carbocycles. The van der Waals surface area contributed by atoms with Crippen LogP contribution in [0.15, 0.2) is 36.0 Å². The second-order valence-corrected chi connectivity index (χ2v) is 11.9. The predicted molar refractivity (Wildman–Crippen MR) is 130 cm³/mol. The fourth-order valence-corrected chi connectivity index (χ4v) is 6.82. The number of rotatable bonds is 6. The first-order valence-electron chi connectivity index (χ1n) is 12.7. The van der Waals surface area contributed by atoms with Crippen LogP contribution in [0.2, 0.25) is 0 Å². The van der Waals surface area contributed by atoms with Crippen molar-refractivity contribution < 1.29 is 20.4 Å². The number of hydrogen-bond donors (Lipinski definition) is 4. The van der Waals surface area contributed by atoms with E-state index in [0.29, 0.717) is 24.7 Å². The number of allylic oxidation sites excluding steroid dienone is 2. The lowest BCUT2D eigenvalue weighted by molar-refractivity contribution is -0.155. The van der Waals surface area contributed by atoms with E-state index in [2.05, 4.69) is 32.6 Å². The average Bonchev–Trinajstić information content (AvgIpc) is 3.06. The van der Waals surface area contributed by atoms with E-state index in [4.69, 9.17) is 0 Å². The Morgan fingerprint density at radius 2 is 1.81 bits per heavy atom. The Labute approximate surface area is 195 Å². The van der Waals surface area contributed by atoms with E-state index >= 15 is 0 Å². The molecule has 32 heavy (non-hydrogen) atoms. The van der Waals surface area contributed by atoms with Gasteiger partial charge in [0.25, 0.3) is 0 Å². The zero-order valence-corrected chi connectivity index (χ0v) is 20.8. The molecule has 0 amide bonds. The Bertz CT molecular complexity index is 747. The molecule has 4 N–H and O–H groups in total. The van der Waals surface area contributed by atoms with Gasteiger partial charge in [0, 0.05) is 5.92 Å².